The van der Waals surface area contributed by atoms with Crippen LogP contribution in [0.1, 0.15) is 31.4 Å². The summed E-state index contributed by atoms with van der Waals surface area (Å²) in [6.45, 7) is 5.29. The van der Waals surface area contributed by atoms with Crippen molar-refractivity contribution in [3.8, 4) is 11.5 Å². The summed E-state index contributed by atoms with van der Waals surface area (Å²) in [5.74, 6) is 1.10. The quantitative estimate of drug-likeness (QED) is 0.231. The van der Waals surface area contributed by atoms with E-state index in [0.29, 0.717) is 52.1 Å². The SMILES string of the molecule is CCCN1C(=O)/C(=C/c2cc(I)c(OCc3ccc(Cl)c(Cl)c3)c(OCC)c2)NC1=S. The van der Waals surface area contributed by atoms with Gasteiger partial charge in [-0.05, 0) is 89.6 Å². The Hall–Kier alpha value is -1.55. The van der Waals surface area contributed by atoms with Crippen molar-refractivity contribution in [2.75, 3.05) is 13.2 Å². The highest BCUT2D eigenvalue weighted by Gasteiger charge is 2.29. The number of carbonyl (C=O) groups is 1. The van der Waals surface area contributed by atoms with E-state index in [4.69, 9.17) is 44.9 Å². The Kier molecular flexibility index (Phi) is 8.43. The van der Waals surface area contributed by atoms with E-state index in [0.717, 1.165) is 21.1 Å². The van der Waals surface area contributed by atoms with Crippen LogP contribution in [0.3, 0.4) is 0 Å². The van der Waals surface area contributed by atoms with Gasteiger partial charge in [0.05, 0.1) is 20.2 Å². The van der Waals surface area contributed by atoms with Gasteiger partial charge in [0.1, 0.15) is 12.3 Å². The average molecular weight is 591 g/mol. The minimum absolute atomic E-state index is 0.125. The highest BCUT2D eigenvalue weighted by Crippen LogP contribution is 2.36. The number of nitrogens with zero attached hydrogens (tertiary/aromatic N) is 1. The molecule has 0 radical (unpaired) electrons. The molecule has 0 atom stereocenters. The predicted octanol–water partition coefficient (Wildman–Crippen LogP) is 6.04. The molecule has 2 aromatic carbocycles. The second-order valence-electron chi connectivity index (χ2n) is 6.75. The van der Waals surface area contributed by atoms with Crippen LogP contribution in [-0.4, -0.2) is 29.1 Å². The fourth-order valence-corrected chi connectivity index (χ4v) is 4.41. The van der Waals surface area contributed by atoms with Crippen LogP contribution in [0.4, 0.5) is 0 Å². The number of amides is 1. The number of ether oxygens (including phenoxy) is 2. The van der Waals surface area contributed by atoms with Gasteiger partial charge in [-0.2, -0.15) is 0 Å². The Bertz CT molecular complexity index is 1050. The minimum atomic E-state index is -0.125. The van der Waals surface area contributed by atoms with E-state index in [9.17, 15) is 4.79 Å². The van der Waals surface area contributed by atoms with E-state index in [-0.39, 0.29) is 5.91 Å². The van der Waals surface area contributed by atoms with E-state index in [2.05, 4.69) is 27.9 Å². The lowest BCUT2D eigenvalue weighted by molar-refractivity contribution is -0.122. The van der Waals surface area contributed by atoms with Gasteiger partial charge in [0.2, 0.25) is 0 Å². The van der Waals surface area contributed by atoms with Crippen LogP contribution in [0.15, 0.2) is 36.0 Å². The summed E-state index contributed by atoms with van der Waals surface area (Å²) >= 11 is 19.6. The van der Waals surface area contributed by atoms with Crippen LogP contribution in [0.25, 0.3) is 6.08 Å². The first-order valence-corrected chi connectivity index (χ1v) is 12.0. The lowest BCUT2D eigenvalue weighted by Crippen LogP contribution is -2.31. The Balaban J connectivity index is 1.85. The second kappa shape index (κ2) is 10.8. The van der Waals surface area contributed by atoms with Crippen molar-refractivity contribution in [2.45, 2.75) is 26.9 Å². The number of nitrogens with one attached hydrogen (secondary N) is 1. The maximum absolute atomic E-state index is 12.6. The fraction of sp³-hybridized carbons (Fsp3) is 0.273. The Morgan fingerprint density at radius 1 is 1.16 bits per heavy atom. The molecule has 31 heavy (non-hydrogen) atoms. The Morgan fingerprint density at radius 3 is 2.61 bits per heavy atom. The third-order valence-electron chi connectivity index (χ3n) is 4.42. The number of rotatable bonds is 8. The molecule has 1 aliphatic heterocycles. The third kappa shape index (κ3) is 5.83. The standard InChI is InChI=1S/C22H21Cl2IN2O3S/c1-3-7-27-21(28)18(26-22(27)31)10-14-9-17(25)20(19(11-14)29-4-2)30-12-13-5-6-15(23)16(24)8-13/h5-6,8-11H,3-4,7,12H2,1-2H3,(H,26,31)/b18-10-. The molecule has 1 N–H and O–H groups in total. The average Bonchev–Trinajstić information content (AvgIpc) is 2.98. The van der Waals surface area contributed by atoms with E-state index in [1.165, 1.54) is 0 Å². The first-order chi connectivity index (χ1) is 14.8. The smallest absolute Gasteiger partial charge is 0.276 e. The molecule has 0 aromatic heterocycles. The van der Waals surface area contributed by atoms with Gasteiger partial charge in [-0.1, -0.05) is 36.2 Å². The summed E-state index contributed by atoms with van der Waals surface area (Å²) in [5.41, 5.74) is 2.15. The summed E-state index contributed by atoms with van der Waals surface area (Å²) in [6, 6.07) is 9.16. The van der Waals surface area contributed by atoms with Crippen LogP contribution in [0.2, 0.25) is 10.0 Å². The number of thiocarbonyl (C=S) groups is 1. The monoisotopic (exact) mass is 590 g/mol. The van der Waals surface area contributed by atoms with E-state index in [1.807, 2.05) is 32.0 Å². The predicted molar refractivity (Wildman–Crippen MR) is 137 cm³/mol. The highest BCUT2D eigenvalue weighted by molar-refractivity contribution is 14.1. The van der Waals surface area contributed by atoms with Gasteiger partial charge in [-0.3, -0.25) is 9.69 Å². The number of halogens is 3. The van der Waals surface area contributed by atoms with Crippen molar-refractivity contribution in [1.29, 1.82) is 0 Å². The van der Waals surface area contributed by atoms with Gasteiger partial charge < -0.3 is 14.8 Å². The number of hydrogen-bond acceptors (Lipinski definition) is 4. The van der Waals surface area contributed by atoms with Crippen LogP contribution < -0.4 is 14.8 Å². The molecule has 0 spiro atoms. The van der Waals surface area contributed by atoms with Crippen LogP contribution in [-0.2, 0) is 11.4 Å². The molecule has 1 aliphatic rings. The lowest BCUT2D eigenvalue weighted by Gasteiger charge is -2.15. The lowest BCUT2D eigenvalue weighted by atomic mass is 10.1. The van der Waals surface area contributed by atoms with Gasteiger partial charge in [-0.25, -0.2) is 0 Å². The first-order valence-electron chi connectivity index (χ1n) is 9.71. The molecule has 5 nitrogen and oxygen atoms in total. The molecule has 9 heteroatoms. The number of hydrogen-bond donors (Lipinski definition) is 1. The van der Waals surface area contributed by atoms with Crippen molar-refractivity contribution >= 4 is 75.1 Å². The van der Waals surface area contributed by atoms with Crippen molar-refractivity contribution in [3.63, 3.8) is 0 Å². The van der Waals surface area contributed by atoms with E-state index in [1.54, 1.807) is 23.1 Å². The third-order valence-corrected chi connectivity index (χ3v) is 6.28. The Morgan fingerprint density at radius 2 is 1.94 bits per heavy atom. The molecule has 0 unspecified atom stereocenters. The van der Waals surface area contributed by atoms with E-state index < -0.39 is 0 Å². The minimum Gasteiger partial charge on any atom is -0.490 e. The molecule has 2 aromatic rings. The van der Waals surface area contributed by atoms with Crippen molar-refractivity contribution in [2.24, 2.45) is 0 Å². The molecule has 0 saturated carbocycles. The van der Waals surface area contributed by atoms with Gasteiger partial charge in [0.15, 0.2) is 16.6 Å². The van der Waals surface area contributed by atoms with E-state index >= 15 is 0 Å². The topological polar surface area (TPSA) is 50.8 Å². The summed E-state index contributed by atoms with van der Waals surface area (Å²) in [7, 11) is 0. The summed E-state index contributed by atoms with van der Waals surface area (Å²) in [5, 5.41) is 4.41. The molecule has 0 aliphatic carbocycles. The molecular formula is C22H21Cl2IN2O3S. The maximum atomic E-state index is 12.6. The molecule has 1 fully saturated rings. The van der Waals surface area contributed by atoms with Crippen molar-refractivity contribution in [3.05, 3.63) is 60.8 Å². The van der Waals surface area contributed by atoms with Gasteiger partial charge >= 0.3 is 0 Å². The largest absolute Gasteiger partial charge is 0.490 e. The molecule has 1 saturated heterocycles. The molecule has 164 valence electrons. The Labute approximate surface area is 210 Å². The zero-order valence-corrected chi connectivity index (χ0v) is 21.5. The molecule has 0 bridgehead atoms. The molecule has 1 heterocycles. The molecule has 1 amide bonds. The van der Waals surface area contributed by atoms with Crippen LogP contribution >= 0.6 is 58.0 Å². The highest BCUT2D eigenvalue weighted by atomic mass is 127. The van der Waals surface area contributed by atoms with Crippen LogP contribution in [0.5, 0.6) is 11.5 Å². The number of carbonyl (C=O) groups excluding carboxylic acids is 1. The zero-order chi connectivity index (χ0) is 22.5. The van der Waals surface area contributed by atoms with Crippen LogP contribution in [0, 0.1) is 3.57 Å². The molecular weight excluding hydrogens is 570 g/mol. The van der Waals surface area contributed by atoms with Gasteiger partial charge in [0, 0.05) is 6.54 Å². The van der Waals surface area contributed by atoms with Crippen molar-refractivity contribution in [1.82, 2.24) is 10.2 Å². The molecule has 3 rings (SSSR count). The fourth-order valence-electron chi connectivity index (χ4n) is 3.02. The summed E-state index contributed by atoms with van der Waals surface area (Å²) in [4.78, 5) is 14.2. The number of benzene rings is 2. The van der Waals surface area contributed by atoms with Crippen molar-refractivity contribution < 1.29 is 14.3 Å². The zero-order valence-electron chi connectivity index (χ0n) is 17.0. The summed E-state index contributed by atoms with van der Waals surface area (Å²) < 4.78 is 12.7. The van der Waals surface area contributed by atoms with Gasteiger partial charge in [-0.15, -0.1) is 0 Å². The maximum Gasteiger partial charge on any atom is 0.276 e. The second-order valence-corrected chi connectivity index (χ2v) is 9.11. The normalized spacial score (nSPS) is 14.9. The summed E-state index contributed by atoms with van der Waals surface area (Å²) in [6.07, 6.45) is 2.61. The first kappa shape index (κ1) is 24.1. The van der Waals surface area contributed by atoms with Gasteiger partial charge in [0.25, 0.3) is 5.91 Å².